The molecule has 158 valence electrons. The Morgan fingerprint density at radius 3 is 2.31 bits per heavy atom. The van der Waals surface area contributed by atoms with Gasteiger partial charge in [0.2, 0.25) is 0 Å². The first-order valence-corrected chi connectivity index (χ1v) is 11.0. The van der Waals surface area contributed by atoms with E-state index in [1.54, 1.807) is 0 Å². The largest absolute Gasteiger partial charge is 0.494 e. The van der Waals surface area contributed by atoms with Crippen molar-refractivity contribution in [3.05, 3.63) is 23.8 Å². The second kappa shape index (κ2) is 7.38. The number of ether oxygens (including phenoxy) is 1. The normalized spacial score (nSPS) is 28.0. The molecule has 1 aromatic rings. The summed E-state index contributed by atoms with van der Waals surface area (Å²) in [6.07, 6.45) is 2.31. The zero-order valence-electron chi connectivity index (χ0n) is 18.6. The summed E-state index contributed by atoms with van der Waals surface area (Å²) in [5.74, 6) is 1.04. The quantitative estimate of drug-likeness (QED) is 0.749. The van der Waals surface area contributed by atoms with E-state index in [2.05, 4.69) is 56.5 Å². The van der Waals surface area contributed by atoms with Crippen molar-refractivity contribution in [3.8, 4) is 0 Å². The number of hydrogen-bond donors (Lipinski definition) is 2. The van der Waals surface area contributed by atoms with Crippen molar-refractivity contribution in [1.29, 1.82) is 0 Å². The molecule has 0 unspecified atom stereocenters. The Hall–Kier alpha value is -1.41. The van der Waals surface area contributed by atoms with E-state index in [1.807, 2.05) is 13.8 Å². The molecule has 0 aromatic heterocycles. The van der Waals surface area contributed by atoms with Crippen molar-refractivity contribution in [2.75, 3.05) is 25.1 Å². The van der Waals surface area contributed by atoms with Crippen LogP contribution in [0.2, 0.25) is 0 Å². The molecule has 29 heavy (non-hydrogen) atoms. The van der Waals surface area contributed by atoms with Crippen molar-refractivity contribution in [1.82, 2.24) is 5.32 Å². The fourth-order valence-corrected chi connectivity index (χ4v) is 4.25. The van der Waals surface area contributed by atoms with Gasteiger partial charge in [0.1, 0.15) is 11.4 Å². The van der Waals surface area contributed by atoms with Gasteiger partial charge in [-0.3, -0.25) is 4.99 Å². The van der Waals surface area contributed by atoms with Crippen molar-refractivity contribution >= 4 is 24.1 Å². The minimum absolute atomic E-state index is 0.241. The first kappa shape index (κ1) is 20.9. The molecular weight excluding hydrogens is 365 g/mol. The molecule has 0 bridgehead atoms. The molecule has 4 aliphatic rings. The number of hydrogen-bond acceptors (Lipinski definition) is 6. The average Bonchev–Trinajstić information content (AvgIpc) is 3.27. The monoisotopic (exact) mass is 399 g/mol. The zero-order chi connectivity index (χ0) is 20.9. The average molecular weight is 399 g/mol. The van der Waals surface area contributed by atoms with Crippen LogP contribution >= 0.6 is 0 Å². The lowest BCUT2D eigenvalue weighted by molar-refractivity contribution is -0.0556. The number of fused-ring (bicyclic) bond motifs is 2. The summed E-state index contributed by atoms with van der Waals surface area (Å²) in [6, 6.07) is 6.74. The van der Waals surface area contributed by atoms with Crippen molar-refractivity contribution in [2.24, 2.45) is 4.99 Å². The smallest absolute Gasteiger partial charge is 0.399 e. The summed E-state index contributed by atoms with van der Waals surface area (Å²) in [4.78, 5) is 5.07. The fourth-order valence-electron chi connectivity index (χ4n) is 4.25. The van der Waals surface area contributed by atoms with Gasteiger partial charge in [0, 0.05) is 11.3 Å². The van der Waals surface area contributed by atoms with Crippen LogP contribution in [0.3, 0.4) is 0 Å². The van der Waals surface area contributed by atoms with E-state index >= 15 is 0 Å². The van der Waals surface area contributed by atoms with Crippen LogP contribution in [-0.4, -0.2) is 50.0 Å². The van der Waals surface area contributed by atoms with E-state index in [-0.39, 0.29) is 23.9 Å². The van der Waals surface area contributed by atoms with Crippen LogP contribution in [0.4, 0.5) is 5.69 Å². The second-order valence-electron chi connectivity index (χ2n) is 9.19. The van der Waals surface area contributed by atoms with Crippen molar-refractivity contribution < 1.29 is 14.0 Å². The topological polar surface area (TPSA) is 64.1 Å². The van der Waals surface area contributed by atoms with Crippen LogP contribution in [0.1, 0.15) is 59.9 Å². The Kier molecular flexibility index (Phi) is 5.30. The van der Waals surface area contributed by atoms with Crippen molar-refractivity contribution in [3.63, 3.8) is 0 Å². The molecule has 7 heteroatoms. The lowest BCUT2D eigenvalue weighted by atomic mass is 9.76. The maximum absolute atomic E-state index is 6.24. The Balaban J connectivity index is 0.000000994. The summed E-state index contributed by atoms with van der Waals surface area (Å²) in [7, 11) is -0.359. The third-order valence-corrected chi connectivity index (χ3v) is 6.74. The summed E-state index contributed by atoms with van der Waals surface area (Å²) in [5, 5.41) is 7.14. The summed E-state index contributed by atoms with van der Waals surface area (Å²) in [5.41, 5.74) is 2.42. The molecule has 5 rings (SSSR count). The van der Waals surface area contributed by atoms with Gasteiger partial charge in [-0.25, -0.2) is 0 Å². The van der Waals surface area contributed by atoms with Gasteiger partial charge in [-0.15, -0.1) is 0 Å². The molecular formula is C22H34BN3O3. The van der Waals surface area contributed by atoms with Crippen LogP contribution in [0, 0.1) is 0 Å². The van der Waals surface area contributed by atoms with Crippen LogP contribution in [0.25, 0.3) is 0 Å². The molecule has 3 fully saturated rings. The fraction of sp³-hybridized carbons (Fsp3) is 0.682. The first-order chi connectivity index (χ1) is 13.8. The molecule has 0 aliphatic carbocycles. The Bertz CT molecular complexity index is 782. The van der Waals surface area contributed by atoms with Crippen LogP contribution in [0.5, 0.6) is 0 Å². The first-order valence-electron chi connectivity index (χ1n) is 11.0. The van der Waals surface area contributed by atoms with E-state index in [1.165, 1.54) is 12.0 Å². The number of aliphatic imine (C=N–C) groups is 1. The molecule has 1 atom stereocenters. The lowest BCUT2D eigenvalue weighted by Crippen LogP contribution is -2.52. The van der Waals surface area contributed by atoms with Crippen LogP contribution < -0.4 is 16.1 Å². The van der Waals surface area contributed by atoms with Gasteiger partial charge < -0.3 is 24.7 Å². The van der Waals surface area contributed by atoms with E-state index in [0.717, 1.165) is 30.0 Å². The van der Waals surface area contributed by atoms with Crippen LogP contribution in [-0.2, 0) is 19.6 Å². The van der Waals surface area contributed by atoms with E-state index in [4.69, 9.17) is 19.0 Å². The van der Waals surface area contributed by atoms with Gasteiger partial charge in [-0.05, 0) is 58.6 Å². The SMILES string of the molecule is CC.CC1(C)OB(c2ccc3c(c2)NC([C@@H]2CCCN2)=NC32COC2)OC1(C)C. The minimum atomic E-state index is -0.359. The minimum Gasteiger partial charge on any atom is -0.399 e. The van der Waals surface area contributed by atoms with E-state index < -0.39 is 0 Å². The van der Waals surface area contributed by atoms with Gasteiger partial charge >= 0.3 is 7.12 Å². The Morgan fingerprint density at radius 2 is 1.76 bits per heavy atom. The molecule has 3 saturated heterocycles. The third-order valence-electron chi connectivity index (χ3n) is 6.74. The van der Waals surface area contributed by atoms with E-state index in [0.29, 0.717) is 19.3 Å². The number of nitrogens with zero attached hydrogens (tertiary/aromatic N) is 1. The maximum atomic E-state index is 6.24. The molecule has 1 spiro atoms. The lowest BCUT2D eigenvalue weighted by Gasteiger charge is -2.43. The maximum Gasteiger partial charge on any atom is 0.494 e. The van der Waals surface area contributed by atoms with Gasteiger partial charge in [0.15, 0.2) is 0 Å². The predicted molar refractivity (Wildman–Crippen MR) is 118 cm³/mol. The molecule has 4 aliphatic heterocycles. The van der Waals surface area contributed by atoms with E-state index in [9.17, 15) is 0 Å². The highest BCUT2D eigenvalue weighted by atomic mass is 16.7. The molecule has 0 radical (unpaired) electrons. The summed E-state index contributed by atoms with van der Waals surface area (Å²) >= 11 is 0. The second-order valence-corrected chi connectivity index (χ2v) is 9.19. The van der Waals surface area contributed by atoms with Gasteiger partial charge in [0.05, 0.1) is 30.5 Å². The molecule has 2 N–H and O–H groups in total. The van der Waals surface area contributed by atoms with Gasteiger partial charge in [-0.2, -0.15) is 0 Å². The Morgan fingerprint density at radius 1 is 1.07 bits per heavy atom. The highest BCUT2D eigenvalue weighted by molar-refractivity contribution is 6.62. The molecule has 6 nitrogen and oxygen atoms in total. The predicted octanol–water partition coefficient (Wildman–Crippen LogP) is 2.81. The Labute approximate surface area is 174 Å². The third kappa shape index (κ3) is 3.42. The molecule has 1 aromatic carbocycles. The summed E-state index contributed by atoms with van der Waals surface area (Å²) in [6.45, 7) is 14.7. The summed E-state index contributed by atoms with van der Waals surface area (Å²) < 4.78 is 18.0. The number of nitrogens with one attached hydrogen (secondary N) is 2. The molecule has 0 saturated carbocycles. The molecule has 0 amide bonds. The molecule has 4 heterocycles. The standard InChI is InChI=1S/C20H28BN3O3.C2H6/c1-18(2)19(3,4)27-21(26-18)13-7-8-14-16(10-13)23-17(15-6-5-9-22-15)24-20(14)11-25-12-20;1-2/h7-8,10,15,22H,5-6,9,11-12H2,1-4H3,(H,23,24);1-2H3/t15-;/m0./s1. The van der Waals surface area contributed by atoms with Gasteiger partial charge in [0.25, 0.3) is 0 Å². The highest BCUT2D eigenvalue weighted by Gasteiger charge is 2.52. The number of rotatable bonds is 2. The zero-order valence-corrected chi connectivity index (χ0v) is 18.6. The highest BCUT2D eigenvalue weighted by Crippen LogP contribution is 2.42. The van der Waals surface area contributed by atoms with Crippen molar-refractivity contribution in [2.45, 2.75) is 77.2 Å². The number of anilines is 1. The number of amidine groups is 1. The number of benzene rings is 1. The van der Waals surface area contributed by atoms with Crippen LogP contribution in [0.15, 0.2) is 23.2 Å². The van der Waals surface area contributed by atoms with Gasteiger partial charge in [-0.1, -0.05) is 26.0 Å².